The smallest absolute Gasteiger partial charge is 0.201 e. The van der Waals surface area contributed by atoms with E-state index in [0.29, 0.717) is 13.2 Å². The fraction of sp³-hybridized carbons (Fsp3) is 0.235. The summed E-state index contributed by atoms with van der Waals surface area (Å²) in [6.45, 7) is 1.21. The van der Waals surface area contributed by atoms with Crippen molar-refractivity contribution in [3.8, 4) is 16.9 Å². The summed E-state index contributed by atoms with van der Waals surface area (Å²) >= 11 is 1.68. The lowest BCUT2D eigenvalue weighted by Crippen LogP contribution is -2.02. The zero-order chi connectivity index (χ0) is 14.9. The highest BCUT2D eigenvalue weighted by Crippen LogP contribution is 2.34. The van der Waals surface area contributed by atoms with Gasteiger partial charge in [0.25, 0.3) is 0 Å². The molecule has 1 aliphatic heterocycles. The van der Waals surface area contributed by atoms with Crippen molar-refractivity contribution in [3.63, 3.8) is 0 Å². The summed E-state index contributed by atoms with van der Waals surface area (Å²) in [4.78, 5) is 4.71. The maximum atomic E-state index is 5.60. The van der Waals surface area contributed by atoms with Gasteiger partial charge in [-0.05, 0) is 46.2 Å². The molecule has 112 valence electrons. The molecule has 5 heteroatoms. The Morgan fingerprint density at radius 1 is 1.18 bits per heavy atom. The first-order chi connectivity index (χ1) is 10.8. The molecule has 0 N–H and O–H groups in total. The molecule has 4 nitrogen and oxygen atoms in total. The summed E-state index contributed by atoms with van der Waals surface area (Å²) in [6.07, 6.45) is -0.381. The van der Waals surface area contributed by atoms with E-state index >= 15 is 0 Å². The van der Waals surface area contributed by atoms with Gasteiger partial charge in [-0.2, -0.15) is 11.3 Å². The average Bonchev–Trinajstić information content (AvgIpc) is 3.26. The van der Waals surface area contributed by atoms with E-state index in [1.807, 2.05) is 18.2 Å². The van der Waals surface area contributed by atoms with E-state index in [9.17, 15) is 0 Å². The number of methoxy groups -OCH3 is 1. The van der Waals surface area contributed by atoms with Crippen LogP contribution in [0, 0.1) is 0 Å². The second-order valence-electron chi connectivity index (χ2n) is 5.06. The highest BCUT2D eigenvalue weighted by molar-refractivity contribution is 7.08. The summed E-state index contributed by atoms with van der Waals surface area (Å²) in [5.74, 6) is 0.793. The first kappa shape index (κ1) is 13.7. The highest BCUT2D eigenvalue weighted by atomic mass is 32.1. The number of rotatable bonds is 3. The molecular weight excluding hydrogens is 298 g/mol. The first-order valence-electron chi connectivity index (χ1n) is 7.09. The Morgan fingerprint density at radius 3 is 2.77 bits per heavy atom. The van der Waals surface area contributed by atoms with Gasteiger partial charge in [-0.1, -0.05) is 0 Å². The maximum Gasteiger partial charge on any atom is 0.201 e. The molecule has 1 aromatic carbocycles. The lowest BCUT2D eigenvalue weighted by atomic mass is 10.0. The summed E-state index contributed by atoms with van der Waals surface area (Å²) in [5, 5.41) is 5.31. The second kappa shape index (κ2) is 5.68. The lowest BCUT2D eigenvalue weighted by Gasteiger charge is -2.13. The van der Waals surface area contributed by atoms with Gasteiger partial charge in [0, 0.05) is 11.5 Å². The molecule has 0 aliphatic carbocycles. The van der Waals surface area contributed by atoms with Crippen LogP contribution in [0.5, 0.6) is 5.75 Å². The minimum absolute atomic E-state index is 0.381. The third kappa shape index (κ3) is 2.37. The zero-order valence-electron chi connectivity index (χ0n) is 12.1. The highest BCUT2D eigenvalue weighted by Gasteiger charge is 2.21. The number of benzene rings is 1. The molecule has 2 aromatic heterocycles. The number of thiophene rings is 1. The number of ether oxygens (including phenoxy) is 3. The lowest BCUT2D eigenvalue weighted by molar-refractivity contribution is -0.0470. The number of nitrogens with zero attached hydrogens (tertiary/aromatic N) is 1. The van der Waals surface area contributed by atoms with E-state index in [-0.39, 0.29) is 6.29 Å². The Bertz CT molecular complexity index is 795. The van der Waals surface area contributed by atoms with Crippen LogP contribution in [0.4, 0.5) is 0 Å². The van der Waals surface area contributed by atoms with E-state index in [4.69, 9.17) is 19.2 Å². The van der Waals surface area contributed by atoms with Crippen molar-refractivity contribution in [1.82, 2.24) is 4.98 Å². The van der Waals surface area contributed by atoms with Crippen molar-refractivity contribution in [2.24, 2.45) is 0 Å². The Morgan fingerprint density at radius 2 is 2.05 bits per heavy atom. The van der Waals surface area contributed by atoms with Crippen LogP contribution in [0.1, 0.15) is 12.0 Å². The van der Waals surface area contributed by atoms with Gasteiger partial charge in [-0.15, -0.1) is 0 Å². The van der Waals surface area contributed by atoms with Crippen LogP contribution in [0.15, 0.2) is 41.1 Å². The monoisotopic (exact) mass is 313 g/mol. The fourth-order valence-corrected chi connectivity index (χ4v) is 3.32. The molecule has 1 aliphatic rings. The third-order valence-electron chi connectivity index (χ3n) is 3.73. The van der Waals surface area contributed by atoms with Gasteiger partial charge in [0.2, 0.25) is 6.29 Å². The Hall–Kier alpha value is -1.95. The van der Waals surface area contributed by atoms with Crippen molar-refractivity contribution < 1.29 is 14.2 Å². The number of hydrogen-bond donors (Lipinski definition) is 0. The molecule has 1 saturated heterocycles. The van der Waals surface area contributed by atoms with Gasteiger partial charge in [0.15, 0.2) is 0 Å². The Kier molecular flexibility index (Phi) is 3.54. The normalized spacial score (nSPS) is 15.5. The van der Waals surface area contributed by atoms with Crippen LogP contribution < -0.4 is 4.74 Å². The molecule has 3 heterocycles. The van der Waals surface area contributed by atoms with Gasteiger partial charge in [0.05, 0.1) is 31.5 Å². The van der Waals surface area contributed by atoms with Crippen LogP contribution in [0.25, 0.3) is 22.0 Å². The van der Waals surface area contributed by atoms with Crippen molar-refractivity contribution in [2.45, 2.75) is 6.29 Å². The second-order valence-corrected chi connectivity index (χ2v) is 5.84. The molecule has 22 heavy (non-hydrogen) atoms. The molecule has 0 spiro atoms. The third-order valence-corrected chi connectivity index (χ3v) is 4.42. The van der Waals surface area contributed by atoms with Crippen LogP contribution in [-0.4, -0.2) is 25.3 Å². The van der Waals surface area contributed by atoms with Crippen LogP contribution in [-0.2, 0) is 9.47 Å². The standard InChI is InChI=1S/C17H15NO3S/c1-19-12-2-3-13-14(11-4-7-22-10-11)9-16(18-15(13)8-12)17-20-5-6-21-17/h2-4,7-10,17H,5-6H2,1H3. The van der Waals surface area contributed by atoms with Crippen LogP contribution in [0.3, 0.4) is 0 Å². The Balaban J connectivity index is 1.94. The molecule has 0 bridgehead atoms. The minimum Gasteiger partial charge on any atom is -0.497 e. The SMILES string of the molecule is COc1ccc2c(-c3ccsc3)cc(C3OCCO3)nc2c1. The molecule has 0 atom stereocenters. The van der Waals surface area contributed by atoms with Gasteiger partial charge < -0.3 is 14.2 Å². The average molecular weight is 313 g/mol. The van der Waals surface area contributed by atoms with Crippen LogP contribution in [0.2, 0.25) is 0 Å². The fourth-order valence-electron chi connectivity index (χ4n) is 2.66. The summed E-state index contributed by atoms with van der Waals surface area (Å²) in [5.41, 5.74) is 4.02. The van der Waals surface area contributed by atoms with E-state index in [0.717, 1.165) is 27.9 Å². The summed E-state index contributed by atoms with van der Waals surface area (Å²) < 4.78 is 16.5. The van der Waals surface area contributed by atoms with E-state index in [2.05, 4.69) is 22.9 Å². The number of aromatic nitrogens is 1. The quantitative estimate of drug-likeness (QED) is 0.732. The summed E-state index contributed by atoms with van der Waals surface area (Å²) in [7, 11) is 1.66. The van der Waals surface area contributed by atoms with Gasteiger partial charge in [0.1, 0.15) is 5.75 Å². The predicted octanol–water partition coefficient (Wildman–Crippen LogP) is 4.02. The first-order valence-corrected chi connectivity index (χ1v) is 8.04. The van der Waals surface area contributed by atoms with Gasteiger partial charge in [-0.25, -0.2) is 4.98 Å². The van der Waals surface area contributed by atoms with E-state index in [1.54, 1.807) is 18.4 Å². The number of fused-ring (bicyclic) bond motifs is 1. The van der Waals surface area contributed by atoms with Crippen molar-refractivity contribution >= 4 is 22.2 Å². The van der Waals surface area contributed by atoms with Crippen molar-refractivity contribution in [2.75, 3.05) is 20.3 Å². The van der Waals surface area contributed by atoms with E-state index < -0.39 is 0 Å². The molecular formula is C17H15NO3S. The van der Waals surface area contributed by atoms with Crippen molar-refractivity contribution in [1.29, 1.82) is 0 Å². The number of hydrogen-bond acceptors (Lipinski definition) is 5. The van der Waals surface area contributed by atoms with E-state index in [1.165, 1.54) is 5.56 Å². The Labute approximate surface area is 132 Å². The van der Waals surface area contributed by atoms with Gasteiger partial charge >= 0.3 is 0 Å². The minimum atomic E-state index is -0.381. The molecule has 0 radical (unpaired) electrons. The molecule has 4 rings (SSSR count). The zero-order valence-corrected chi connectivity index (χ0v) is 12.9. The summed E-state index contributed by atoms with van der Waals surface area (Å²) in [6, 6.07) is 10.1. The molecule has 1 fully saturated rings. The largest absolute Gasteiger partial charge is 0.497 e. The van der Waals surface area contributed by atoms with Crippen LogP contribution >= 0.6 is 11.3 Å². The number of pyridine rings is 1. The molecule has 0 saturated carbocycles. The maximum absolute atomic E-state index is 5.60. The topological polar surface area (TPSA) is 40.6 Å². The molecule has 3 aromatic rings. The molecule has 0 unspecified atom stereocenters. The molecule has 0 amide bonds. The van der Waals surface area contributed by atoms with Gasteiger partial charge in [-0.3, -0.25) is 0 Å². The predicted molar refractivity (Wildman–Crippen MR) is 86.3 cm³/mol. The van der Waals surface area contributed by atoms with Crippen molar-refractivity contribution in [3.05, 3.63) is 46.8 Å².